The quantitative estimate of drug-likeness (QED) is 0.671. The summed E-state index contributed by atoms with van der Waals surface area (Å²) in [4.78, 5) is 28.3. The van der Waals surface area contributed by atoms with Crippen molar-refractivity contribution in [2.75, 3.05) is 0 Å². The molecule has 1 aromatic carbocycles. The third-order valence-electron chi connectivity index (χ3n) is 4.30. The van der Waals surface area contributed by atoms with Crippen LogP contribution < -0.4 is 5.32 Å². The molecular formula is C19H19ClN2O3. The van der Waals surface area contributed by atoms with Gasteiger partial charge < -0.3 is 10.1 Å². The van der Waals surface area contributed by atoms with Crippen LogP contribution in [0.4, 0.5) is 0 Å². The lowest BCUT2D eigenvalue weighted by Gasteiger charge is -2.27. The molecule has 25 heavy (non-hydrogen) atoms. The van der Waals surface area contributed by atoms with Crippen molar-refractivity contribution in [1.82, 2.24) is 10.3 Å². The summed E-state index contributed by atoms with van der Waals surface area (Å²) >= 11 is 5.69. The summed E-state index contributed by atoms with van der Waals surface area (Å²) in [6.45, 7) is 1.56. The molecule has 2 atom stereocenters. The molecule has 0 radical (unpaired) electrons. The summed E-state index contributed by atoms with van der Waals surface area (Å²) in [6.07, 6.45) is 3.36. The Bertz CT molecular complexity index is 776. The van der Waals surface area contributed by atoms with Crippen molar-refractivity contribution in [1.29, 1.82) is 0 Å². The van der Waals surface area contributed by atoms with E-state index in [1.54, 1.807) is 6.92 Å². The van der Waals surface area contributed by atoms with Crippen molar-refractivity contribution in [3.05, 3.63) is 64.4 Å². The molecule has 5 nitrogen and oxygen atoms in total. The van der Waals surface area contributed by atoms with Gasteiger partial charge in [-0.2, -0.15) is 0 Å². The van der Waals surface area contributed by atoms with E-state index in [9.17, 15) is 9.59 Å². The lowest BCUT2D eigenvalue weighted by molar-refractivity contribution is -0.130. The van der Waals surface area contributed by atoms with Gasteiger partial charge in [-0.1, -0.05) is 35.9 Å². The maximum Gasteiger partial charge on any atom is 0.340 e. The number of fused-ring (bicyclic) bond motifs is 1. The second-order valence-electron chi connectivity index (χ2n) is 6.07. The van der Waals surface area contributed by atoms with Crippen LogP contribution in [-0.2, 0) is 16.0 Å². The first kappa shape index (κ1) is 17.4. The zero-order valence-electron chi connectivity index (χ0n) is 13.9. The van der Waals surface area contributed by atoms with Gasteiger partial charge in [0.05, 0.1) is 11.6 Å². The number of hydrogen-bond acceptors (Lipinski definition) is 4. The van der Waals surface area contributed by atoms with Crippen molar-refractivity contribution in [2.45, 2.75) is 38.3 Å². The first-order valence-corrected chi connectivity index (χ1v) is 8.63. The zero-order valence-corrected chi connectivity index (χ0v) is 14.6. The summed E-state index contributed by atoms with van der Waals surface area (Å²) in [5.74, 6) is -0.909. The molecule has 1 aliphatic rings. The second-order valence-corrected chi connectivity index (χ2v) is 6.46. The number of carbonyl (C=O) groups is 2. The third-order valence-corrected chi connectivity index (χ3v) is 4.53. The monoisotopic (exact) mass is 358 g/mol. The lowest BCUT2D eigenvalue weighted by atomic mass is 9.87. The smallest absolute Gasteiger partial charge is 0.340 e. The van der Waals surface area contributed by atoms with Crippen LogP contribution in [0.3, 0.4) is 0 Å². The van der Waals surface area contributed by atoms with Crippen LogP contribution in [0.15, 0.2) is 42.6 Å². The Labute approximate surface area is 151 Å². The fourth-order valence-corrected chi connectivity index (χ4v) is 3.08. The number of hydrogen-bond donors (Lipinski definition) is 1. The molecule has 0 aliphatic heterocycles. The van der Waals surface area contributed by atoms with Crippen LogP contribution in [0.1, 0.15) is 47.3 Å². The van der Waals surface area contributed by atoms with Crippen molar-refractivity contribution in [3.8, 4) is 0 Å². The van der Waals surface area contributed by atoms with Gasteiger partial charge in [0.25, 0.3) is 5.91 Å². The Kier molecular flexibility index (Phi) is 5.34. The van der Waals surface area contributed by atoms with Crippen LogP contribution in [-0.4, -0.2) is 23.0 Å². The van der Waals surface area contributed by atoms with Crippen LogP contribution in [0, 0.1) is 0 Å². The van der Waals surface area contributed by atoms with Crippen molar-refractivity contribution < 1.29 is 14.3 Å². The highest BCUT2D eigenvalue weighted by atomic mass is 35.5. The maximum absolute atomic E-state index is 12.4. The van der Waals surface area contributed by atoms with Crippen molar-refractivity contribution in [2.24, 2.45) is 0 Å². The fourth-order valence-electron chi connectivity index (χ4n) is 2.97. The van der Waals surface area contributed by atoms with E-state index in [0.29, 0.717) is 5.15 Å². The number of ether oxygens (including phenoxy) is 1. The Hall–Kier alpha value is -2.40. The minimum absolute atomic E-state index is 0.0456. The predicted octanol–water partition coefficient (Wildman–Crippen LogP) is 3.47. The average molecular weight is 359 g/mol. The molecule has 0 bridgehead atoms. The van der Waals surface area contributed by atoms with Crippen molar-refractivity contribution in [3.63, 3.8) is 0 Å². The SMILES string of the molecule is CC(OC(=O)c1ccc(Cl)nc1)C(=O)NC1CCCc2ccccc21. The van der Waals surface area contributed by atoms with E-state index in [2.05, 4.69) is 16.4 Å². The number of esters is 1. The molecule has 0 fully saturated rings. The number of aryl methyl sites for hydroxylation is 1. The molecule has 130 valence electrons. The lowest BCUT2D eigenvalue weighted by Crippen LogP contribution is -2.39. The number of carbonyl (C=O) groups excluding carboxylic acids is 2. The topological polar surface area (TPSA) is 68.3 Å². The molecular weight excluding hydrogens is 340 g/mol. The zero-order chi connectivity index (χ0) is 17.8. The van der Waals surface area contributed by atoms with Gasteiger partial charge in [0.15, 0.2) is 6.10 Å². The number of amides is 1. The molecule has 6 heteroatoms. The number of rotatable bonds is 4. The average Bonchev–Trinajstić information content (AvgIpc) is 2.62. The summed E-state index contributed by atoms with van der Waals surface area (Å²) < 4.78 is 5.23. The Morgan fingerprint density at radius 2 is 2.08 bits per heavy atom. The molecule has 2 unspecified atom stereocenters. The second kappa shape index (κ2) is 7.66. The largest absolute Gasteiger partial charge is 0.449 e. The predicted molar refractivity (Wildman–Crippen MR) is 94.4 cm³/mol. The van der Waals surface area contributed by atoms with E-state index in [4.69, 9.17) is 16.3 Å². The standard InChI is InChI=1S/C19H19ClN2O3/c1-12(25-19(24)14-9-10-17(20)21-11-14)18(23)22-16-8-4-6-13-5-2-3-7-15(13)16/h2-3,5,7,9-12,16H,4,6,8H2,1H3,(H,22,23). The molecule has 1 heterocycles. The molecule has 1 aromatic heterocycles. The van der Waals surface area contributed by atoms with Gasteiger partial charge >= 0.3 is 5.97 Å². The van der Waals surface area contributed by atoms with Gasteiger partial charge in [-0.05, 0) is 49.4 Å². The van der Waals surface area contributed by atoms with E-state index in [0.717, 1.165) is 24.8 Å². The molecule has 1 N–H and O–H groups in total. The number of aromatic nitrogens is 1. The Morgan fingerprint density at radius 3 is 2.84 bits per heavy atom. The van der Waals surface area contributed by atoms with Crippen LogP contribution in [0.25, 0.3) is 0 Å². The summed E-state index contributed by atoms with van der Waals surface area (Å²) in [5.41, 5.74) is 2.66. The molecule has 2 aromatic rings. The van der Waals surface area contributed by atoms with Crippen LogP contribution in [0.2, 0.25) is 5.15 Å². The fraction of sp³-hybridized carbons (Fsp3) is 0.316. The minimum Gasteiger partial charge on any atom is -0.449 e. The van der Waals surface area contributed by atoms with E-state index in [1.807, 2.05) is 18.2 Å². The normalized spacial score (nSPS) is 17.3. The summed E-state index contributed by atoms with van der Waals surface area (Å²) in [5, 5.41) is 3.28. The highest BCUT2D eigenvalue weighted by molar-refractivity contribution is 6.29. The number of benzene rings is 1. The molecule has 1 amide bonds. The maximum atomic E-state index is 12.4. The number of nitrogens with one attached hydrogen (secondary N) is 1. The molecule has 0 saturated carbocycles. The highest BCUT2D eigenvalue weighted by Gasteiger charge is 2.25. The third kappa shape index (κ3) is 4.17. The molecule has 0 spiro atoms. The van der Waals surface area contributed by atoms with E-state index < -0.39 is 12.1 Å². The summed E-state index contributed by atoms with van der Waals surface area (Å²) in [7, 11) is 0. The molecule has 3 rings (SSSR count). The number of halogens is 1. The van der Waals surface area contributed by atoms with Crippen molar-refractivity contribution >= 4 is 23.5 Å². The van der Waals surface area contributed by atoms with Gasteiger partial charge in [0.2, 0.25) is 0 Å². The number of nitrogens with zero attached hydrogens (tertiary/aromatic N) is 1. The van der Waals surface area contributed by atoms with Gasteiger partial charge in [-0.25, -0.2) is 9.78 Å². The number of pyridine rings is 1. The van der Waals surface area contributed by atoms with Crippen LogP contribution in [0.5, 0.6) is 0 Å². The summed E-state index contributed by atoms with van der Waals surface area (Å²) in [6, 6.07) is 11.1. The van der Waals surface area contributed by atoms with Crippen LogP contribution >= 0.6 is 11.6 Å². The van der Waals surface area contributed by atoms with Gasteiger partial charge in [0, 0.05) is 6.20 Å². The van der Waals surface area contributed by atoms with E-state index in [1.165, 1.54) is 23.9 Å². The Morgan fingerprint density at radius 1 is 1.28 bits per heavy atom. The molecule has 1 aliphatic carbocycles. The van der Waals surface area contributed by atoms with Gasteiger partial charge in [-0.15, -0.1) is 0 Å². The highest BCUT2D eigenvalue weighted by Crippen LogP contribution is 2.29. The van der Waals surface area contributed by atoms with Gasteiger partial charge in [0.1, 0.15) is 5.15 Å². The first-order valence-electron chi connectivity index (χ1n) is 8.25. The van der Waals surface area contributed by atoms with E-state index in [-0.39, 0.29) is 17.5 Å². The molecule has 0 saturated heterocycles. The minimum atomic E-state index is -0.891. The first-order chi connectivity index (χ1) is 12.0. The van der Waals surface area contributed by atoms with Gasteiger partial charge in [-0.3, -0.25) is 4.79 Å². The Balaban J connectivity index is 1.62. The van der Waals surface area contributed by atoms with E-state index >= 15 is 0 Å².